The van der Waals surface area contributed by atoms with E-state index in [2.05, 4.69) is 15.3 Å². The summed E-state index contributed by atoms with van der Waals surface area (Å²) in [7, 11) is 0. The molecular weight excluding hydrogens is 449 g/mol. The lowest BCUT2D eigenvalue weighted by atomic mass is 9.93. The molecule has 3 rings (SSSR count). The van der Waals surface area contributed by atoms with Crippen LogP contribution in [-0.2, 0) is 0 Å². The second-order valence-corrected chi connectivity index (χ2v) is 8.52. The molecule has 0 radical (unpaired) electrons. The first-order chi connectivity index (χ1) is 16.2. The topological polar surface area (TPSA) is 37.3 Å². The molecule has 0 aromatic carbocycles. The minimum absolute atomic E-state index is 0.0114. The molecule has 2 unspecified atom stereocenters. The number of allylic oxidation sites excluding steroid dienone is 6. The highest BCUT2D eigenvalue weighted by Gasteiger charge is 2.48. The quantitative estimate of drug-likeness (QED) is 0.307. The Bertz CT molecular complexity index is 1030. The van der Waals surface area contributed by atoms with Gasteiger partial charge in [0, 0.05) is 11.3 Å². The summed E-state index contributed by atoms with van der Waals surface area (Å²) in [5.74, 6) is -1.75. The van der Waals surface area contributed by atoms with E-state index in [1.807, 2.05) is 13.8 Å². The van der Waals surface area contributed by atoms with Crippen molar-refractivity contribution >= 4 is 11.9 Å². The molecule has 1 fully saturated rings. The maximum absolute atomic E-state index is 14.4. The summed E-state index contributed by atoms with van der Waals surface area (Å²) in [4.78, 5) is 7.96. The fraction of sp³-hybridized carbons (Fsp3) is 0.462. The fourth-order valence-electron chi connectivity index (χ4n) is 4.91. The summed E-state index contributed by atoms with van der Waals surface area (Å²) in [5, 5.41) is 3.01. The molecule has 2 aliphatic rings. The monoisotopic (exact) mass is 479 g/mol. The second kappa shape index (κ2) is 11.1. The second-order valence-electron chi connectivity index (χ2n) is 8.52. The van der Waals surface area contributed by atoms with Crippen LogP contribution < -0.4 is 5.32 Å². The number of rotatable bonds is 8. The Kier molecular flexibility index (Phi) is 8.44. The van der Waals surface area contributed by atoms with Gasteiger partial charge >= 0.3 is 6.18 Å². The first-order valence-corrected chi connectivity index (χ1v) is 11.7. The van der Waals surface area contributed by atoms with Crippen LogP contribution in [0.3, 0.4) is 0 Å². The molecule has 0 saturated heterocycles. The Labute approximate surface area is 197 Å². The largest absolute Gasteiger partial charge is 0.413 e. The summed E-state index contributed by atoms with van der Waals surface area (Å²) in [6.45, 7) is 5.39. The maximum atomic E-state index is 14.4. The normalized spacial score (nSPS) is 22.2. The number of nitrogens with zero attached hydrogens (tertiary/aromatic N) is 2. The van der Waals surface area contributed by atoms with E-state index in [9.17, 15) is 22.0 Å². The van der Waals surface area contributed by atoms with Crippen molar-refractivity contribution in [1.29, 1.82) is 0 Å². The van der Waals surface area contributed by atoms with Crippen molar-refractivity contribution < 1.29 is 22.0 Å². The van der Waals surface area contributed by atoms with Gasteiger partial charge in [0.25, 0.3) is 0 Å². The lowest BCUT2D eigenvalue weighted by Gasteiger charge is -2.17. The van der Waals surface area contributed by atoms with Crippen molar-refractivity contribution in [1.82, 2.24) is 10.3 Å². The minimum Gasteiger partial charge on any atom is -0.354 e. The van der Waals surface area contributed by atoms with Gasteiger partial charge in [-0.15, -0.1) is 0 Å². The molecule has 184 valence electrons. The van der Waals surface area contributed by atoms with Gasteiger partial charge in [-0.25, -0.2) is 8.78 Å². The molecule has 2 aliphatic carbocycles. The van der Waals surface area contributed by atoms with Crippen LogP contribution in [0.4, 0.5) is 22.0 Å². The summed E-state index contributed by atoms with van der Waals surface area (Å²) >= 11 is 0. The lowest BCUT2D eigenvalue weighted by Crippen LogP contribution is -2.16. The third-order valence-corrected chi connectivity index (χ3v) is 6.29. The number of aromatic nitrogens is 1. The van der Waals surface area contributed by atoms with Gasteiger partial charge < -0.3 is 5.32 Å². The first-order valence-electron chi connectivity index (χ1n) is 11.7. The van der Waals surface area contributed by atoms with Crippen LogP contribution in [-0.4, -0.2) is 17.4 Å². The van der Waals surface area contributed by atoms with Crippen molar-refractivity contribution in [3.05, 3.63) is 70.4 Å². The number of hydrogen-bond donors (Lipinski definition) is 1. The SMILES string of the molecule is C\C=C(/N=C/C(=C/CC)N/C(=C\CC)c1c(F)cncc1F)C1=C(C(F)(F)F)CC2CCCC12. The summed E-state index contributed by atoms with van der Waals surface area (Å²) < 4.78 is 70.1. The van der Waals surface area contributed by atoms with E-state index in [0.29, 0.717) is 29.8 Å². The average molecular weight is 480 g/mol. The highest BCUT2D eigenvalue weighted by Crippen LogP contribution is 2.53. The molecule has 2 atom stereocenters. The number of pyridine rings is 1. The van der Waals surface area contributed by atoms with Crippen LogP contribution >= 0.6 is 0 Å². The van der Waals surface area contributed by atoms with Crippen molar-refractivity contribution in [3.8, 4) is 0 Å². The number of halogens is 5. The van der Waals surface area contributed by atoms with Crippen molar-refractivity contribution in [2.24, 2.45) is 16.8 Å². The molecular formula is C26H30F5N3. The zero-order chi connectivity index (χ0) is 24.9. The van der Waals surface area contributed by atoms with Gasteiger partial charge in [-0.05, 0) is 56.4 Å². The number of nitrogens with one attached hydrogen (secondary N) is 1. The number of aliphatic imine (C=N–C) groups is 1. The molecule has 3 nitrogen and oxygen atoms in total. The van der Waals surface area contributed by atoms with E-state index in [-0.39, 0.29) is 29.5 Å². The molecule has 1 saturated carbocycles. The predicted molar refractivity (Wildman–Crippen MR) is 125 cm³/mol. The standard InChI is InChI=1S/C26H30F5N3/c1-4-8-17(34-23(9-5-2)25-20(27)14-32-15-21(25)28)13-33-22(6-3)24-18-11-7-10-16(18)12-19(24)26(29,30)31/h6,8-9,13-16,18,34H,4-5,7,10-12H2,1-3H3/b17-8-,22-6-,23-9-,33-13+. The number of hydrogen-bond acceptors (Lipinski definition) is 3. The number of alkyl halides is 3. The molecule has 0 amide bonds. The molecule has 1 aromatic rings. The van der Waals surface area contributed by atoms with Crippen LogP contribution in [0.1, 0.15) is 64.9 Å². The van der Waals surface area contributed by atoms with E-state index in [0.717, 1.165) is 31.7 Å². The van der Waals surface area contributed by atoms with Crippen molar-refractivity contribution in [2.45, 2.75) is 65.5 Å². The molecule has 1 aromatic heterocycles. The maximum Gasteiger partial charge on any atom is 0.413 e. The van der Waals surface area contributed by atoms with Gasteiger partial charge in [0.2, 0.25) is 0 Å². The van der Waals surface area contributed by atoms with Gasteiger partial charge in [-0.2, -0.15) is 13.2 Å². The first kappa shape index (κ1) is 25.8. The molecule has 1 N–H and O–H groups in total. The van der Waals surface area contributed by atoms with Gasteiger partial charge in [0.15, 0.2) is 11.6 Å². The predicted octanol–water partition coefficient (Wildman–Crippen LogP) is 7.65. The summed E-state index contributed by atoms with van der Waals surface area (Å²) in [6, 6.07) is 0. The Morgan fingerprint density at radius 2 is 1.79 bits per heavy atom. The van der Waals surface area contributed by atoms with Crippen LogP contribution in [0.2, 0.25) is 0 Å². The summed E-state index contributed by atoms with van der Waals surface area (Å²) in [5.41, 5.74) is 0.513. The lowest BCUT2D eigenvalue weighted by molar-refractivity contribution is -0.0943. The smallest absolute Gasteiger partial charge is 0.354 e. The van der Waals surface area contributed by atoms with E-state index < -0.39 is 23.4 Å². The van der Waals surface area contributed by atoms with Gasteiger partial charge in [0.1, 0.15) is 0 Å². The molecule has 34 heavy (non-hydrogen) atoms. The van der Waals surface area contributed by atoms with Gasteiger partial charge in [-0.1, -0.05) is 38.5 Å². The van der Waals surface area contributed by atoms with E-state index in [1.54, 1.807) is 25.2 Å². The molecule has 0 spiro atoms. The Balaban J connectivity index is 1.94. The van der Waals surface area contributed by atoms with E-state index in [1.165, 1.54) is 6.21 Å². The summed E-state index contributed by atoms with van der Waals surface area (Å²) in [6.07, 6.45) is 7.49. The highest BCUT2D eigenvalue weighted by molar-refractivity contribution is 5.83. The fourth-order valence-corrected chi connectivity index (χ4v) is 4.91. The van der Waals surface area contributed by atoms with Crippen molar-refractivity contribution in [2.75, 3.05) is 0 Å². The van der Waals surface area contributed by atoms with Crippen molar-refractivity contribution in [3.63, 3.8) is 0 Å². The van der Waals surface area contributed by atoms with E-state index >= 15 is 0 Å². The molecule has 0 aliphatic heterocycles. The third-order valence-electron chi connectivity index (χ3n) is 6.29. The molecule has 0 bridgehead atoms. The van der Waals surface area contributed by atoms with Crippen LogP contribution in [0.25, 0.3) is 5.70 Å². The Morgan fingerprint density at radius 3 is 2.38 bits per heavy atom. The van der Waals surface area contributed by atoms with Crippen LogP contribution in [0, 0.1) is 23.5 Å². The molecule has 1 heterocycles. The minimum atomic E-state index is -4.39. The Hall–Kier alpha value is -2.77. The number of fused-ring (bicyclic) bond motifs is 1. The van der Waals surface area contributed by atoms with E-state index in [4.69, 9.17) is 0 Å². The zero-order valence-electron chi connectivity index (χ0n) is 19.6. The molecule has 8 heteroatoms. The van der Waals surface area contributed by atoms with Crippen LogP contribution in [0.5, 0.6) is 0 Å². The van der Waals surface area contributed by atoms with Gasteiger partial charge in [-0.3, -0.25) is 9.98 Å². The van der Waals surface area contributed by atoms with Gasteiger partial charge in [0.05, 0.1) is 35.6 Å². The highest BCUT2D eigenvalue weighted by atomic mass is 19.4. The van der Waals surface area contributed by atoms with Crippen LogP contribution in [0.15, 0.2) is 58.2 Å². The third kappa shape index (κ3) is 5.65. The zero-order valence-corrected chi connectivity index (χ0v) is 19.6. The Morgan fingerprint density at radius 1 is 1.12 bits per heavy atom. The average Bonchev–Trinajstić information content (AvgIpc) is 3.36.